The maximum atomic E-state index is 11.2. The van der Waals surface area contributed by atoms with Crippen molar-refractivity contribution in [3.05, 3.63) is 54.1 Å². The summed E-state index contributed by atoms with van der Waals surface area (Å²) in [5.41, 5.74) is 7.68. The van der Waals surface area contributed by atoms with Crippen molar-refractivity contribution in [3.63, 3.8) is 0 Å². The summed E-state index contributed by atoms with van der Waals surface area (Å²) in [6, 6.07) is 9.43. The SMILES string of the molecule is COC(=O)[C@@H](N)Cc1cn(Cc2ccccc2)cn1.Cl. The van der Waals surface area contributed by atoms with Crippen molar-refractivity contribution < 1.29 is 9.53 Å². The Kier molecular flexibility index (Phi) is 6.21. The van der Waals surface area contributed by atoms with E-state index in [1.807, 2.05) is 29.0 Å². The second kappa shape index (κ2) is 7.67. The molecule has 108 valence electrons. The predicted octanol–water partition coefficient (Wildman–Crippen LogP) is 1.40. The third kappa shape index (κ3) is 4.36. The van der Waals surface area contributed by atoms with Crippen LogP contribution >= 0.6 is 12.4 Å². The van der Waals surface area contributed by atoms with Gasteiger partial charge in [0.1, 0.15) is 6.04 Å². The number of carbonyl (C=O) groups is 1. The minimum Gasteiger partial charge on any atom is -0.468 e. The first-order valence-electron chi connectivity index (χ1n) is 6.07. The van der Waals surface area contributed by atoms with Gasteiger partial charge in [0.05, 0.1) is 19.1 Å². The smallest absolute Gasteiger partial charge is 0.323 e. The van der Waals surface area contributed by atoms with Gasteiger partial charge in [-0.05, 0) is 5.56 Å². The van der Waals surface area contributed by atoms with Crippen molar-refractivity contribution in [2.45, 2.75) is 19.0 Å². The molecule has 0 amide bonds. The van der Waals surface area contributed by atoms with Crippen LogP contribution in [0, 0.1) is 0 Å². The van der Waals surface area contributed by atoms with Gasteiger partial charge in [-0.15, -0.1) is 12.4 Å². The van der Waals surface area contributed by atoms with Gasteiger partial charge in [-0.1, -0.05) is 30.3 Å². The van der Waals surface area contributed by atoms with Crippen LogP contribution in [0.3, 0.4) is 0 Å². The van der Waals surface area contributed by atoms with Crippen molar-refractivity contribution in [1.29, 1.82) is 0 Å². The standard InChI is InChI=1S/C14H17N3O2.ClH/c1-19-14(18)13(15)7-12-9-17(10-16-12)8-11-5-3-2-4-6-11;/h2-6,9-10,13H,7-8,15H2,1H3;1H/t13-;/m0./s1. The second-order valence-electron chi connectivity index (χ2n) is 4.36. The molecule has 0 radical (unpaired) electrons. The van der Waals surface area contributed by atoms with Crippen LogP contribution in [0.15, 0.2) is 42.9 Å². The highest BCUT2D eigenvalue weighted by molar-refractivity contribution is 5.85. The van der Waals surface area contributed by atoms with Crippen LogP contribution in [0.25, 0.3) is 0 Å². The summed E-state index contributed by atoms with van der Waals surface area (Å²) in [4.78, 5) is 15.5. The second-order valence-corrected chi connectivity index (χ2v) is 4.36. The van der Waals surface area contributed by atoms with Gasteiger partial charge in [-0.2, -0.15) is 0 Å². The van der Waals surface area contributed by atoms with Gasteiger partial charge >= 0.3 is 5.97 Å². The van der Waals surface area contributed by atoms with E-state index in [1.54, 1.807) is 6.33 Å². The quantitative estimate of drug-likeness (QED) is 0.847. The molecule has 1 aromatic carbocycles. The van der Waals surface area contributed by atoms with Gasteiger partial charge in [0, 0.05) is 19.2 Å². The number of methoxy groups -OCH3 is 1. The lowest BCUT2D eigenvalue weighted by Gasteiger charge is -2.06. The lowest BCUT2D eigenvalue weighted by Crippen LogP contribution is -2.33. The average Bonchev–Trinajstić information content (AvgIpc) is 2.86. The summed E-state index contributed by atoms with van der Waals surface area (Å²) in [7, 11) is 1.33. The van der Waals surface area contributed by atoms with Crippen molar-refractivity contribution in [2.24, 2.45) is 5.73 Å². The van der Waals surface area contributed by atoms with Crippen LogP contribution in [0.5, 0.6) is 0 Å². The van der Waals surface area contributed by atoms with E-state index in [1.165, 1.54) is 12.7 Å². The molecule has 1 heterocycles. The zero-order valence-corrected chi connectivity index (χ0v) is 12.0. The van der Waals surface area contributed by atoms with Crippen LogP contribution in [0.2, 0.25) is 0 Å². The summed E-state index contributed by atoms with van der Waals surface area (Å²) in [6.45, 7) is 0.751. The number of hydrogen-bond donors (Lipinski definition) is 1. The Morgan fingerprint density at radius 3 is 2.75 bits per heavy atom. The van der Waals surface area contributed by atoms with E-state index in [-0.39, 0.29) is 12.4 Å². The average molecular weight is 296 g/mol. The molecule has 1 aromatic heterocycles. The summed E-state index contributed by atoms with van der Waals surface area (Å²) < 4.78 is 6.56. The maximum Gasteiger partial charge on any atom is 0.323 e. The Labute approximate surface area is 124 Å². The third-order valence-electron chi connectivity index (χ3n) is 2.83. The Balaban J connectivity index is 0.00000200. The van der Waals surface area contributed by atoms with Gasteiger partial charge in [0.25, 0.3) is 0 Å². The van der Waals surface area contributed by atoms with Gasteiger partial charge < -0.3 is 15.0 Å². The van der Waals surface area contributed by atoms with Gasteiger partial charge in [0.2, 0.25) is 0 Å². The molecule has 0 fully saturated rings. The molecule has 0 saturated heterocycles. The molecule has 20 heavy (non-hydrogen) atoms. The molecular formula is C14H18ClN3O2. The molecule has 1 atom stereocenters. The zero-order valence-electron chi connectivity index (χ0n) is 11.2. The number of hydrogen-bond acceptors (Lipinski definition) is 4. The minimum absolute atomic E-state index is 0. The van der Waals surface area contributed by atoms with Crippen LogP contribution in [-0.2, 0) is 22.5 Å². The molecule has 2 N–H and O–H groups in total. The lowest BCUT2D eigenvalue weighted by atomic mass is 10.2. The molecule has 0 unspecified atom stereocenters. The van der Waals surface area contributed by atoms with E-state index in [0.29, 0.717) is 6.42 Å². The van der Waals surface area contributed by atoms with Crippen LogP contribution in [0.4, 0.5) is 0 Å². The van der Waals surface area contributed by atoms with E-state index in [2.05, 4.69) is 21.9 Å². The van der Waals surface area contributed by atoms with Gasteiger partial charge in [-0.3, -0.25) is 4.79 Å². The Morgan fingerprint density at radius 2 is 2.10 bits per heavy atom. The van der Waals surface area contributed by atoms with Gasteiger partial charge in [-0.25, -0.2) is 4.98 Å². The first-order valence-corrected chi connectivity index (χ1v) is 6.07. The topological polar surface area (TPSA) is 70.1 Å². The number of rotatable bonds is 5. The largest absolute Gasteiger partial charge is 0.468 e. The number of benzene rings is 1. The van der Waals surface area contributed by atoms with Crippen LogP contribution < -0.4 is 5.73 Å². The fourth-order valence-electron chi connectivity index (χ4n) is 1.85. The van der Waals surface area contributed by atoms with E-state index in [0.717, 1.165) is 12.2 Å². The highest BCUT2D eigenvalue weighted by atomic mass is 35.5. The third-order valence-corrected chi connectivity index (χ3v) is 2.83. The number of imidazole rings is 1. The summed E-state index contributed by atoms with van der Waals surface area (Å²) in [5.74, 6) is -0.419. The number of aromatic nitrogens is 2. The molecule has 2 rings (SSSR count). The molecule has 0 aliphatic heterocycles. The van der Waals surface area contributed by atoms with Crippen LogP contribution in [0.1, 0.15) is 11.3 Å². The first-order chi connectivity index (χ1) is 9.19. The molecule has 0 spiro atoms. The van der Waals surface area contributed by atoms with Crippen molar-refractivity contribution in [2.75, 3.05) is 7.11 Å². The molecule has 6 heteroatoms. The number of halogens is 1. The van der Waals surface area contributed by atoms with Crippen molar-refractivity contribution >= 4 is 18.4 Å². The molecule has 0 aliphatic carbocycles. The number of carbonyl (C=O) groups excluding carboxylic acids is 1. The van der Waals surface area contributed by atoms with E-state index >= 15 is 0 Å². The highest BCUT2D eigenvalue weighted by Crippen LogP contribution is 2.05. The molecule has 0 saturated carbocycles. The zero-order chi connectivity index (χ0) is 13.7. The first kappa shape index (κ1) is 16.2. The van der Waals surface area contributed by atoms with E-state index < -0.39 is 12.0 Å². The summed E-state index contributed by atoms with van der Waals surface area (Å²) >= 11 is 0. The fraction of sp³-hybridized carbons (Fsp3) is 0.286. The number of nitrogens with zero attached hydrogens (tertiary/aromatic N) is 2. The van der Waals surface area contributed by atoms with E-state index in [4.69, 9.17) is 5.73 Å². The van der Waals surface area contributed by atoms with Gasteiger partial charge in [0.15, 0.2) is 0 Å². The predicted molar refractivity (Wildman–Crippen MR) is 78.7 cm³/mol. The Morgan fingerprint density at radius 1 is 1.40 bits per heavy atom. The molecular weight excluding hydrogens is 278 g/mol. The van der Waals surface area contributed by atoms with Crippen molar-refractivity contribution in [3.8, 4) is 0 Å². The normalized spacial score (nSPS) is 11.5. The lowest BCUT2D eigenvalue weighted by molar-refractivity contribution is -0.142. The van der Waals surface area contributed by atoms with E-state index in [9.17, 15) is 4.79 Å². The minimum atomic E-state index is -0.662. The maximum absolute atomic E-state index is 11.2. The number of esters is 1. The molecule has 0 bridgehead atoms. The monoisotopic (exact) mass is 295 g/mol. The summed E-state index contributed by atoms with van der Waals surface area (Å²) in [5, 5.41) is 0. The van der Waals surface area contributed by atoms with Crippen molar-refractivity contribution in [1.82, 2.24) is 9.55 Å². The number of nitrogens with two attached hydrogens (primary N) is 1. The molecule has 5 nitrogen and oxygen atoms in total. The molecule has 2 aromatic rings. The number of ether oxygens (including phenoxy) is 1. The highest BCUT2D eigenvalue weighted by Gasteiger charge is 2.15. The Bertz CT molecular complexity index is 542. The fourth-order valence-corrected chi connectivity index (χ4v) is 1.85. The van der Waals surface area contributed by atoms with Crippen LogP contribution in [-0.4, -0.2) is 28.7 Å². The summed E-state index contributed by atoms with van der Waals surface area (Å²) in [6.07, 6.45) is 4.02. The molecule has 0 aliphatic rings. The Hall–Kier alpha value is -1.85.